The van der Waals surface area contributed by atoms with E-state index in [0.717, 1.165) is 5.39 Å². The Hall–Kier alpha value is -3.12. The van der Waals surface area contributed by atoms with Crippen molar-refractivity contribution in [3.05, 3.63) is 65.3 Å². The van der Waals surface area contributed by atoms with Gasteiger partial charge >= 0.3 is 0 Å². The van der Waals surface area contributed by atoms with Crippen molar-refractivity contribution in [2.75, 3.05) is 18.5 Å². The smallest absolute Gasteiger partial charge is 0.257 e. The Labute approximate surface area is 161 Å². The van der Waals surface area contributed by atoms with E-state index in [1.54, 1.807) is 48.7 Å². The van der Waals surface area contributed by atoms with Crippen molar-refractivity contribution in [1.29, 1.82) is 0 Å². The highest BCUT2D eigenvalue weighted by molar-refractivity contribution is 6.32. The van der Waals surface area contributed by atoms with Crippen molar-refractivity contribution >= 4 is 40.0 Å². The van der Waals surface area contributed by atoms with Crippen LogP contribution in [0.1, 0.15) is 17.3 Å². The van der Waals surface area contributed by atoms with E-state index in [1.165, 1.54) is 0 Å². The van der Waals surface area contributed by atoms with Gasteiger partial charge in [-0.05, 0) is 49.4 Å². The monoisotopic (exact) mass is 383 g/mol. The average molecular weight is 384 g/mol. The molecule has 2 amide bonds. The van der Waals surface area contributed by atoms with Crippen LogP contribution in [0.3, 0.4) is 0 Å². The number of hydrogen-bond acceptors (Lipinski definition) is 4. The maximum Gasteiger partial charge on any atom is 0.257 e. The molecule has 0 unspecified atom stereocenters. The van der Waals surface area contributed by atoms with Crippen LogP contribution >= 0.6 is 11.6 Å². The number of carbonyl (C=O) groups excluding carboxylic acids is 2. The molecule has 0 radical (unpaired) electrons. The van der Waals surface area contributed by atoms with E-state index in [0.29, 0.717) is 34.1 Å². The lowest BCUT2D eigenvalue weighted by Crippen LogP contribution is -2.28. The summed E-state index contributed by atoms with van der Waals surface area (Å²) in [6.45, 7) is 2.34. The van der Waals surface area contributed by atoms with Crippen LogP contribution < -0.4 is 15.4 Å². The first-order valence-corrected chi connectivity index (χ1v) is 8.80. The fourth-order valence-electron chi connectivity index (χ4n) is 2.56. The van der Waals surface area contributed by atoms with Crippen molar-refractivity contribution in [2.45, 2.75) is 6.92 Å². The number of fused-ring (bicyclic) bond motifs is 1. The lowest BCUT2D eigenvalue weighted by atomic mass is 10.1. The minimum absolute atomic E-state index is 0.0558. The van der Waals surface area contributed by atoms with Gasteiger partial charge in [-0.3, -0.25) is 14.6 Å². The molecule has 0 atom stereocenters. The summed E-state index contributed by atoms with van der Waals surface area (Å²) in [4.78, 5) is 28.3. The van der Waals surface area contributed by atoms with Gasteiger partial charge in [0.05, 0.1) is 11.1 Å². The molecule has 3 rings (SSSR count). The fraction of sp³-hybridized carbons (Fsp3) is 0.150. The summed E-state index contributed by atoms with van der Waals surface area (Å²) in [6.07, 6.45) is 1.63. The number of halogens is 1. The number of ether oxygens (including phenoxy) is 1. The third-order valence-corrected chi connectivity index (χ3v) is 3.99. The van der Waals surface area contributed by atoms with E-state index < -0.39 is 0 Å². The van der Waals surface area contributed by atoms with Gasteiger partial charge in [0.25, 0.3) is 11.8 Å². The number of aromatic nitrogens is 1. The molecule has 27 heavy (non-hydrogen) atoms. The first-order valence-electron chi connectivity index (χ1n) is 8.42. The van der Waals surface area contributed by atoms with Crippen LogP contribution in [0.5, 0.6) is 5.75 Å². The van der Waals surface area contributed by atoms with Crippen LogP contribution in [0.4, 0.5) is 5.69 Å². The zero-order valence-electron chi connectivity index (χ0n) is 14.7. The zero-order chi connectivity index (χ0) is 19.2. The number of carbonyl (C=O) groups is 2. The second-order valence-corrected chi connectivity index (χ2v) is 6.19. The van der Waals surface area contributed by atoms with Crippen molar-refractivity contribution < 1.29 is 14.3 Å². The van der Waals surface area contributed by atoms with Gasteiger partial charge in [0.1, 0.15) is 5.75 Å². The number of rotatable bonds is 6. The van der Waals surface area contributed by atoms with Crippen molar-refractivity contribution in [1.82, 2.24) is 10.3 Å². The summed E-state index contributed by atoms with van der Waals surface area (Å²) in [5.41, 5.74) is 1.57. The highest BCUT2D eigenvalue weighted by Gasteiger charge is 2.13. The molecule has 6 nitrogen and oxygen atoms in total. The normalized spacial score (nSPS) is 10.4. The van der Waals surface area contributed by atoms with Gasteiger partial charge in [0.2, 0.25) is 0 Å². The number of nitrogens with one attached hydrogen (secondary N) is 2. The first-order chi connectivity index (χ1) is 13.1. The second-order valence-electron chi connectivity index (χ2n) is 5.75. The Morgan fingerprint density at radius 3 is 2.67 bits per heavy atom. The third-order valence-electron chi connectivity index (χ3n) is 3.77. The Kier molecular flexibility index (Phi) is 5.88. The van der Waals surface area contributed by atoms with E-state index >= 15 is 0 Å². The molecule has 2 N–H and O–H groups in total. The molecule has 0 aliphatic heterocycles. The summed E-state index contributed by atoms with van der Waals surface area (Å²) >= 11 is 6.12. The van der Waals surface area contributed by atoms with Gasteiger partial charge < -0.3 is 15.4 Å². The molecule has 0 spiro atoms. The van der Waals surface area contributed by atoms with E-state index in [9.17, 15) is 9.59 Å². The zero-order valence-corrected chi connectivity index (χ0v) is 15.4. The molecular formula is C20H18ClN3O3. The molecule has 0 aliphatic carbocycles. The molecule has 3 aromatic rings. The summed E-state index contributed by atoms with van der Waals surface area (Å²) in [7, 11) is 0. The SMILES string of the molecule is CCNC(=O)COc1ccc(NC(=O)c2cc(Cl)cc3cccnc23)cc1. The molecule has 138 valence electrons. The molecule has 0 saturated carbocycles. The standard InChI is InChI=1S/C20H18ClN3O3/c1-2-22-18(25)12-27-16-7-5-15(6-8-16)24-20(26)17-11-14(21)10-13-4-3-9-23-19(13)17/h3-11H,2,12H2,1H3,(H,22,25)(H,24,26). The summed E-state index contributed by atoms with van der Waals surface area (Å²) < 4.78 is 5.39. The molecule has 2 aromatic carbocycles. The minimum atomic E-state index is -0.308. The van der Waals surface area contributed by atoms with Crippen LogP contribution in [-0.2, 0) is 4.79 Å². The van der Waals surface area contributed by atoms with Crippen LogP contribution in [0.25, 0.3) is 10.9 Å². The fourth-order valence-corrected chi connectivity index (χ4v) is 2.79. The van der Waals surface area contributed by atoms with Gasteiger partial charge in [-0.15, -0.1) is 0 Å². The quantitative estimate of drug-likeness (QED) is 0.680. The van der Waals surface area contributed by atoms with Gasteiger partial charge in [-0.25, -0.2) is 0 Å². The van der Waals surface area contributed by atoms with Crippen LogP contribution in [-0.4, -0.2) is 29.9 Å². The van der Waals surface area contributed by atoms with Crippen molar-refractivity contribution in [3.63, 3.8) is 0 Å². The van der Waals surface area contributed by atoms with Crippen LogP contribution in [0.15, 0.2) is 54.7 Å². The van der Waals surface area contributed by atoms with Gasteiger partial charge in [0.15, 0.2) is 6.61 Å². The van der Waals surface area contributed by atoms with E-state index in [1.807, 2.05) is 13.0 Å². The number of hydrogen-bond donors (Lipinski definition) is 2. The molecular weight excluding hydrogens is 366 g/mol. The molecule has 1 aromatic heterocycles. The first kappa shape index (κ1) is 18.7. The summed E-state index contributed by atoms with van der Waals surface area (Å²) in [5, 5.41) is 6.73. The average Bonchev–Trinajstić information content (AvgIpc) is 2.67. The number of likely N-dealkylation sites (N-methyl/N-ethyl adjacent to an activating group) is 1. The van der Waals surface area contributed by atoms with Crippen LogP contribution in [0.2, 0.25) is 5.02 Å². The lowest BCUT2D eigenvalue weighted by molar-refractivity contribution is -0.122. The molecule has 1 heterocycles. The lowest BCUT2D eigenvalue weighted by Gasteiger charge is -2.10. The Morgan fingerprint density at radius 1 is 1.15 bits per heavy atom. The Bertz CT molecular complexity index is 974. The molecule has 0 bridgehead atoms. The molecule has 0 aliphatic rings. The van der Waals surface area contributed by atoms with E-state index in [4.69, 9.17) is 16.3 Å². The van der Waals surface area contributed by atoms with Gasteiger partial charge in [0, 0.05) is 28.8 Å². The number of benzene rings is 2. The third kappa shape index (κ3) is 4.74. The number of pyridine rings is 1. The van der Waals surface area contributed by atoms with Gasteiger partial charge in [-0.1, -0.05) is 17.7 Å². The molecule has 0 fully saturated rings. The van der Waals surface area contributed by atoms with Crippen LogP contribution in [0, 0.1) is 0 Å². The van der Waals surface area contributed by atoms with Crippen molar-refractivity contribution in [3.8, 4) is 5.75 Å². The topological polar surface area (TPSA) is 80.3 Å². The van der Waals surface area contributed by atoms with E-state index in [-0.39, 0.29) is 18.4 Å². The largest absolute Gasteiger partial charge is 0.484 e. The minimum Gasteiger partial charge on any atom is -0.484 e. The highest BCUT2D eigenvalue weighted by Crippen LogP contribution is 2.24. The Morgan fingerprint density at radius 2 is 1.93 bits per heavy atom. The molecule has 7 heteroatoms. The van der Waals surface area contributed by atoms with E-state index in [2.05, 4.69) is 15.6 Å². The summed E-state index contributed by atoms with van der Waals surface area (Å²) in [6, 6.07) is 13.8. The maximum absolute atomic E-state index is 12.7. The predicted octanol–water partition coefficient (Wildman–Crippen LogP) is 3.66. The number of amides is 2. The highest BCUT2D eigenvalue weighted by atomic mass is 35.5. The number of nitrogens with zero attached hydrogens (tertiary/aromatic N) is 1. The molecule has 0 saturated heterocycles. The maximum atomic E-state index is 12.7. The van der Waals surface area contributed by atoms with Crippen molar-refractivity contribution in [2.24, 2.45) is 0 Å². The summed E-state index contributed by atoms with van der Waals surface area (Å²) in [5.74, 6) is 0.0431. The number of anilines is 1. The van der Waals surface area contributed by atoms with Gasteiger partial charge in [-0.2, -0.15) is 0 Å². The second kappa shape index (κ2) is 8.51. The predicted molar refractivity (Wildman–Crippen MR) is 105 cm³/mol. The Balaban J connectivity index is 1.71.